The summed E-state index contributed by atoms with van der Waals surface area (Å²) >= 11 is 0. The fraction of sp³-hybridized carbons (Fsp3) is 0.143. The minimum absolute atomic E-state index is 0.146. The number of nitrogens with zero attached hydrogens (tertiary/aromatic N) is 5. The summed E-state index contributed by atoms with van der Waals surface area (Å²) in [5.41, 5.74) is 0.647. The van der Waals surface area contributed by atoms with Gasteiger partial charge in [-0.05, 0) is 25.1 Å². The van der Waals surface area contributed by atoms with Crippen LogP contribution in [0.2, 0.25) is 0 Å². The van der Waals surface area contributed by atoms with Gasteiger partial charge in [0.25, 0.3) is 0 Å². The minimum Gasteiger partial charge on any atom is -0.323 e. The smallest absolute Gasteiger partial charge is 0.246 e. The van der Waals surface area contributed by atoms with Gasteiger partial charge in [0.15, 0.2) is 0 Å². The lowest BCUT2D eigenvalue weighted by molar-refractivity contribution is -0.116. The second kappa shape index (κ2) is 5.58. The van der Waals surface area contributed by atoms with Gasteiger partial charge in [0.2, 0.25) is 5.91 Å². The van der Waals surface area contributed by atoms with E-state index in [1.165, 1.54) is 0 Å². The summed E-state index contributed by atoms with van der Waals surface area (Å²) in [6.45, 7) is 2.08. The summed E-state index contributed by atoms with van der Waals surface area (Å²) in [4.78, 5) is 20.3. The number of aromatic nitrogens is 5. The summed E-state index contributed by atoms with van der Waals surface area (Å²) in [5, 5.41) is 6.77. The lowest BCUT2D eigenvalue weighted by Gasteiger charge is -2.07. The molecule has 21 heavy (non-hydrogen) atoms. The number of anilines is 1. The molecule has 1 N–H and O–H groups in total. The number of carbonyl (C=O) groups excluding carboxylic acids is 1. The minimum atomic E-state index is -0.146. The van der Waals surface area contributed by atoms with Gasteiger partial charge in [0.05, 0.1) is 11.9 Å². The third kappa shape index (κ3) is 2.97. The largest absolute Gasteiger partial charge is 0.323 e. The molecular formula is C14H14N6O. The van der Waals surface area contributed by atoms with E-state index in [4.69, 9.17) is 0 Å². The highest BCUT2D eigenvalue weighted by molar-refractivity contribution is 5.90. The second-order valence-corrected chi connectivity index (χ2v) is 4.50. The second-order valence-electron chi connectivity index (χ2n) is 4.50. The number of imidazole rings is 1. The Morgan fingerprint density at radius 1 is 1.24 bits per heavy atom. The Morgan fingerprint density at radius 2 is 2.14 bits per heavy atom. The highest BCUT2D eigenvalue weighted by atomic mass is 16.2. The van der Waals surface area contributed by atoms with Gasteiger partial charge in [-0.2, -0.15) is 5.10 Å². The predicted octanol–water partition coefficient (Wildman–Crippen LogP) is 1.41. The maximum Gasteiger partial charge on any atom is 0.246 e. The molecule has 0 aliphatic rings. The van der Waals surface area contributed by atoms with E-state index in [1.807, 2.05) is 29.8 Å². The van der Waals surface area contributed by atoms with Crippen LogP contribution in [0.15, 0.2) is 49.2 Å². The molecule has 3 aromatic rings. The maximum atomic E-state index is 11.8. The van der Waals surface area contributed by atoms with Gasteiger partial charge in [-0.25, -0.2) is 9.97 Å². The average Bonchev–Trinajstić information content (AvgIpc) is 3.11. The van der Waals surface area contributed by atoms with Crippen molar-refractivity contribution in [1.29, 1.82) is 0 Å². The van der Waals surface area contributed by atoms with Gasteiger partial charge >= 0.3 is 0 Å². The van der Waals surface area contributed by atoms with Crippen LogP contribution < -0.4 is 5.32 Å². The number of carbonyl (C=O) groups is 1. The molecular weight excluding hydrogens is 268 g/mol. The van der Waals surface area contributed by atoms with E-state index in [2.05, 4.69) is 20.4 Å². The first-order valence-corrected chi connectivity index (χ1v) is 6.46. The molecule has 0 saturated carbocycles. The van der Waals surface area contributed by atoms with Gasteiger partial charge < -0.3 is 5.32 Å². The van der Waals surface area contributed by atoms with Crippen LogP contribution in [0.1, 0.15) is 5.82 Å². The van der Waals surface area contributed by atoms with Crippen LogP contribution in [0.25, 0.3) is 5.82 Å². The van der Waals surface area contributed by atoms with E-state index in [9.17, 15) is 4.79 Å². The Bertz CT molecular complexity index is 729. The first-order valence-electron chi connectivity index (χ1n) is 6.46. The Kier molecular flexibility index (Phi) is 3.46. The molecule has 106 valence electrons. The standard InChI is InChI=1S/C14H14N6O/c1-11-15-6-8-20(11)13-4-3-12(9-16-13)18-14(21)10-19-7-2-5-17-19/h2-9H,10H2,1H3,(H,18,21). The number of hydrogen-bond donors (Lipinski definition) is 1. The van der Waals surface area contributed by atoms with E-state index in [1.54, 1.807) is 35.5 Å². The van der Waals surface area contributed by atoms with Crippen LogP contribution in [0.4, 0.5) is 5.69 Å². The Hall–Kier alpha value is -2.96. The van der Waals surface area contributed by atoms with E-state index < -0.39 is 0 Å². The summed E-state index contributed by atoms with van der Waals surface area (Å²) in [6, 6.07) is 5.41. The van der Waals surface area contributed by atoms with Gasteiger partial charge in [0.1, 0.15) is 18.2 Å². The van der Waals surface area contributed by atoms with Gasteiger partial charge in [0, 0.05) is 24.8 Å². The van der Waals surface area contributed by atoms with Crippen molar-refractivity contribution in [2.75, 3.05) is 5.32 Å². The number of rotatable bonds is 4. The summed E-state index contributed by atoms with van der Waals surface area (Å²) < 4.78 is 3.43. The molecule has 0 fully saturated rings. The molecule has 1 amide bonds. The first kappa shape index (κ1) is 13.0. The summed E-state index contributed by atoms with van der Waals surface area (Å²) in [5.74, 6) is 1.47. The molecule has 0 atom stereocenters. The SMILES string of the molecule is Cc1nccn1-c1ccc(NC(=O)Cn2cccn2)cn1. The highest BCUT2D eigenvalue weighted by Gasteiger charge is 2.05. The topological polar surface area (TPSA) is 77.6 Å². The Balaban J connectivity index is 1.67. The van der Waals surface area contributed by atoms with Crippen molar-refractivity contribution in [3.05, 3.63) is 55.0 Å². The zero-order valence-electron chi connectivity index (χ0n) is 11.5. The maximum absolute atomic E-state index is 11.8. The van der Waals surface area contributed by atoms with Crippen LogP contribution in [-0.4, -0.2) is 30.2 Å². The first-order chi connectivity index (χ1) is 10.2. The number of amides is 1. The molecule has 0 aromatic carbocycles. The van der Waals surface area contributed by atoms with E-state index in [0.717, 1.165) is 11.6 Å². The zero-order valence-corrected chi connectivity index (χ0v) is 11.5. The Morgan fingerprint density at radius 3 is 2.76 bits per heavy atom. The van der Waals surface area contributed by atoms with Crippen LogP contribution in [-0.2, 0) is 11.3 Å². The Labute approximate surface area is 121 Å². The van der Waals surface area contributed by atoms with Crippen molar-refractivity contribution >= 4 is 11.6 Å². The molecule has 0 radical (unpaired) electrons. The summed E-state index contributed by atoms with van der Waals surface area (Å²) in [7, 11) is 0. The van der Waals surface area contributed by atoms with E-state index >= 15 is 0 Å². The van der Waals surface area contributed by atoms with Crippen molar-refractivity contribution in [1.82, 2.24) is 24.3 Å². The molecule has 7 nitrogen and oxygen atoms in total. The highest BCUT2D eigenvalue weighted by Crippen LogP contribution is 2.11. The molecule has 3 heterocycles. The fourth-order valence-corrected chi connectivity index (χ4v) is 1.96. The summed E-state index contributed by atoms with van der Waals surface area (Å²) in [6.07, 6.45) is 8.56. The van der Waals surface area contributed by atoms with Crippen molar-refractivity contribution in [2.45, 2.75) is 13.5 Å². The fourth-order valence-electron chi connectivity index (χ4n) is 1.96. The van der Waals surface area contributed by atoms with Crippen LogP contribution in [0.5, 0.6) is 0 Å². The van der Waals surface area contributed by atoms with Gasteiger partial charge in [-0.1, -0.05) is 0 Å². The number of nitrogens with one attached hydrogen (secondary N) is 1. The molecule has 0 bridgehead atoms. The molecule has 7 heteroatoms. The van der Waals surface area contributed by atoms with Crippen LogP contribution in [0.3, 0.4) is 0 Å². The predicted molar refractivity (Wildman–Crippen MR) is 77.0 cm³/mol. The van der Waals surface area contributed by atoms with Crippen LogP contribution in [0, 0.1) is 6.92 Å². The molecule has 0 saturated heterocycles. The third-order valence-electron chi connectivity index (χ3n) is 2.97. The quantitative estimate of drug-likeness (QED) is 0.785. The lowest BCUT2D eigenvalue weighted by atomic mass is 10.4. The van der Waals surface area contributed by atoms with E-state index in [-0.39, 0.29) is 12.5 Å². The van der Waals surface area contributed by atoms with Crippen molar-refractivity contribution in [2.24, 2.45) is 0 Å². The molecule has 0 unspecified atom stereocenters. The van der Waals surface area contributed by atoms with Gasteiger partial charge in [-0.15, -0.1) is 0 Å². The molecule has 3 rings (SSSR count). The number of aryl methyl sites for hydroxylation is 1. The van der Waals surface area contributed by atoms with Crippen LogP contribution >= 0.6 is 0 Å². The van der Waals surface area contributed by atoms with E-state index in [0.29, 0.717) is 5.69 Å². The monoisotopic (exact) mass is 282 g/mol. The molecule has 3 aromatic heterocycles. The normalized spacial score (nSPS) is 10.5. The van der Waals surface area contributed by atoms with Crippen molar-refractivity contribution < 1.29 is 4.79 Å². The zero-order chi connectivity index (χ0) is 14.7. The van der Waals surface area contributed by atoms with Crippen molar-refractivity contribution in [3.8, 4) is 5.82 Å². The average molecular weight is 282 g/mol. The molecule has 0 aliphatic carbocycles. The van der Waals surface area contributed by atoms with Crippen molar-refractivity contribution in [3.63, 3.8) is 0 Å². The van der Waals surface area contributed by atoms with Gasteiger partial charge in [-0.3, -0.25) is 14.0 Å². The molecule has 0 aliphatic heterocycles. The number of hydrogen-bond acceptors (Lipinski definition) is 4. The number of pyridine rings is 1. The third-order valence-corrected chi connectivity index (χ3v) is 2.97. The lowest BCUT2D eigenvalue weighted by Crippen LogP contribution is -2.19. The molecule has 0 spiro atoms.